The largest absolute Gasteiger partial charge is 0.481 e. The van der Waals surface area contributed by atoms with Crippen LogP contribution in [0.3, 0.4) is 0 Å². The van der Waals surface area contributed by atoms with Gasteiger partial charge in [0.2, 0.25) is 5.91 Å². The van der Waals surface area contributed by atoms with Crippen LogP contribution in [-0.4, -0.2) is 47.0 Å². The maximum atomic E-state index is 11.2. The number of rotatable bonds is 7. The van der Waals surface area contributed by atoms with Crippen molar-refractivity contribution < 1.29 is 19.5 Å². The molecule has 0 unspecified atom stereocenters. The van der Waals surface area contributed by atoms with Gasteiger partial charge in [-0.1, -0.05) is 0 Å². The minimum atomic E-state index is -0.878. The Bertz CT molecular complexity index is 291. The Labute approximate surface area is 100.0 Å². The highest BCUT2D eigenvalue weighted by molar-refractivity contribution is 5.93. The van der Waals surface area contributed by atoms with Gasteiger partial charge in [0.15, 0.2) is 0 Å². The lowest BCUT2D eigenvalue weighted by Crippen LogP contribution is -2.39. The maximum Gasteiger partial charge on any atom is 0.318 e. The number of hydrogen-bond acceptors (Lipinski definition) is 4. The molecular weight excluding hydrogens is 226 g/mol. The number of primary amides is 1. The quantitative estimate of drug-likeness (QED) is 0.572. The van der Waals surface area contributed by atoms with Gasteiger partial charge in [-0.3, -0.25) is 19.8 Å². The SMILES string of the molecule is CC(C)N(CCC(=O)O)CCC(=O)NC(N)=O. The van der Waals surface area contributed by atoms with E-state index < -0.39 is 17.9 Å². The summed E-state index contributed by atoms with van der Waals surface area (Å²) in [6.45, 7) is 4.59. The number of nitrogens with two attached hydrogens (primary N) is 1. The Morgan fingerprint density at radius 1 is 1.24 bits per heavy atom. The summed E-state index contributed by atoms with van der Waals surface area (Å²) in [4.78, 5) is 33.9. The van der Waals surface area contributed by atoms with E-state index in [1.165, 1.54) is 0 Å². The van der Waals surface area contributed by atoms with E-state index in [0.717, 1.165) is 0 Å². The second-order valence-electron chi connectivity index (χ2n) is 3.94. The third-order valence-corrected chi connectivity index (χ3v) is 2.23. The van der Waals surface area contributed by atoms with Crippen LogP contribution in [0.15, 0.2) is 0 Å². The van der Waals surface area contributed by atoms with Crippen molar-refractivity contribution in [1.82, 2.24) is 10.2 Å². The fourth-order valence-corrected chi connectivity index (χ4v) is 1.31. The van der Waals surface area contributed by atoms with Gasteiger partial charge in [0, 0.05) is 25.6 Å². The van der Waals surface area contributed by atoms with Crippen molar-refractivity contribution in [2.24, 2.45) is 5.73 Å². The van der Waals surface area contributed by atoms with Gasteiger partial charge < -0.3 is 10.8 Å². The molecule has 7 heteroatoms. The summed E-state index contributed by atoms with van der Waals surface area (Å²) in [7, 11) is 0. The Hall–Kier alpha value is -1.63. The number of aliphatic carboxylic acids is 1. The molecule has 0 spiro atoms. The van der Waals surface area contributed by atoms with Gasteiger partial charge in [-0.2, -0.15) is 0 Å². The first-order valence-corrected chi connectivity index (χ1v) is 5.38. The van der Waals surface area contributed by atoms with Crippen LogP contribution in [0.4, 0.5) is 4.79 Å². The maximum absolute atomic E-state index is 11.2. The lowest BCUT2D eigenvalue weighted by molar-refractivity contribution is -0.137. The van der Waals surface area contributed by atoms with Crippen LogP contribution in [0.2, 0.25) is 0 Å². The van der Waals surface area contributed by atoms with Crippen molar-refractivity contribution in [3.05, 3.63) is 0 Å². The zero-order valence-electron chi connectivity index (χ0n) is 10.1. The molecule has 0 saturated carbocycles. The van der Waals surface area contributed by atoms with Crippen molar-refractivity contribution in [1.29, 1.82) is 0 Å². The molecule has 4 N–H and O–H groups in total. The van der Waals surface area contributed by atoms with E-state index in [9.17, 15) is 14.4 Å². The summed E-state index contributed by atoms with van der Waals surface area (Å²) in [6.07, 6.45) is 0.135. The number of carbonyl (C=O) groups is 3. The molecule has 0 bridgehead atoms. The summed E-state index contributed by atoms with van der Waals surface area (Å²) in [6, 6.07) is -0.743. The van der Waals surface area contributed by atoms with Gasteiger partial charge in [-0.25, -0.2) is 4.79 Å². The van der Waals surface area contributed by atoms with E-state index in [-0.39, 0.29) is 18.9 Å². The summed E-state index contributed by atoms with van der Waals surface area (Å²) < 4.78 is 0. The Kier molecular flexibility index (Phi) is 6.88. The average Bonchev–Trinajstić information content (AvgIpc) is 2.15. The molecule has 0 rings (SSSR count). The number of nitrogens with zero attached hydrogens (tertiary/aromatic N) is 1. The predicted molar refractivity (Wildman–Crippen MR) is 61.3 cm³/mol. The third kappa shape index (κ3) is 8.21. The van der Waals surface area contributed by atoms with E-state index >= 15 is 0 Å². The third-order valence-electron chi connectivity index (χ3n) is 2.23. The Balaban J connectivity index is 4.04. The van der Waals surface area contributed by atoms with E-state index in [0.29, 0.717) is 13.1 Å². The molecule has 0 atom stereocenters. The van der Waals surface area contributed by atoms with Crippen LogP contribution in [0.5, 0.6) is 0 Å². The molecule has 0 fully saturated rings. The van der Waals surface area contributed by atoms with Crippen molar-refractivity contribution in [3.63, 3.8) is 0 Å². The standard InChI is InChI=1S/C10H19N3O4/c1-7(2)13(6-4-9(15)16)5-3-8(14)12-10(11)17/h7H,3-6H2,1-2H3,(H,15,16)(H3,11,12,14,17). The van der Waals surface area contributed by atoms with Crippen molar-refractivity contribution in [2.75, 3.05) is 13.1 Å². The van der Waals surface area contributed by atoms with Crippen LogP contribution < -0.4 is 11.1 Å². The van der Waals surface area contributed by atoms with Crippen LogP contribution in [0.25, 0.3) is 0 Å². The monoisotopic (exact) mass is 245 g/mol. The number of carboxylic acids is 1. The molecular formula is C10H19N3O4. The summed E-state index contributed by atoms with van der Waals surface area (Å²) in [5, 5.41) is 10.5. The molecule has 0 aromatic heterocycles. The molecule has 98 valence electrons. The summed E-state index contributed by atoms with van der Waals surface area (Å²) in [5.74, 6) is -1.34. The lowest BCUT2D eigenvalue weighted by atomic mass is 10.2. The van der Waals surface area contributed by atoms with E-state index in [2.05, 4.69) is 0 Å². The van der Waals surface area contributed by atoms with Gasteiger partial charge in [-0.05, 0) is 13.8 Å². The summed E-state index contributed by atoms with van der Waals surface area (Å²) in [5.41, 5.74) is 4.80. The molecule has 0 heterocycles. The summed E-state index contributed by atoms with van der Waals surface area (Å²) >= 11 is 0. The zero-order chi connectivity index (χ0) is 13.4. The first kappa shape index (κ1) is 15.4. The van der Waals surface area contributed by atoms with Gasteiger partial charge >= 0.3 is 12.0 Å². The van der Waals surface area contributed by atoms with Crippen LogP contribution in [-0.2, 0) is 9.59 Å². The fourth-order valence-electron chi connectivity index (χ4n) is 1.31. The molecule has 0 saturated heterocycles. The number of imide groups is 1. The number of nitrogens with one attached hydrogen (secondary N) is 1. The number of hydrogen-bond donors (Lipinski definition) is 3. The predicted octanol–water partition coefficient (Wildman–Crippen LogP) is -0.243. The second-order valence-corrected chi connectivity index (χ2v) is 3.94. The molecule has 0 aromatic rings. The van der Waals surface area contributed by atoms with E-state index in [1.54, 1.807) is 0 Å². The van der Waals surface area contributed by atoms with Gasteiger partial charge in [0.05, 0.1) is 6.42 Å². The highest BCUT2D eigenvalue weighted by Gasteiger charge is 2.13. The molecule has 0 aliphatic rings. The highest BCUT2D eigenvalue weighted by atomic mass is 16.4. The number of amides is 3. The Morgan fingerprint density at radius 2 is 1.76 bits per heavy atom. The molecule has 0 aliphatic heterocycles. The van der Waals surface area contributed by atoms with Gasteiger partial charge in [0.25, 0.3) is 0 Å². The first-order valence-electron chi connectivity index (χ1n) is 5.38. The number of urea groups is 1. The smallest absolute Gasteiger partial charge is 0.318 e. The molecule has 3 amide bonds. The minimum Gasteiger partial charge on any atom is -0.481 e. The minimum absolute atomic E-state index is 0.0234. The Morgan fingerprint density at radius 3 is 2.18 bits per heavy atom. The molecule has 0 aromatic carbocycles. The number of carbonyl (C=O) groups excluding carboxylic acids is 2. The van der Waals surface area contributed by atoms with E-state index in [4.69, 9.17) is 10.8 Å². The zero-order valence-corrected chi connectivity index (χ0v) is 10.1. The average molecular weight is 245 g/mol. The van der Waals surface area contributed by atoms with Gasteiger partial charge in [0.1, 0.15) is 0 Å². The number of carboxylic acid groups (broad SMARTS) is 1. The second kappa shape index (κ2) is 7.61. The molecule has 7 nitrogen and oxygen atoms in total. The van der Waals surface area contributed by atoms with E-state index in [1.807, 2.05) is 24.1 Å². The van der Waals surface area contributed by atoms with Crippen LogP contribution in [0, 0.1) is 0 Å². The topological polar surface area (TPSA) is 113 Å². The van der Waals surface area contributed by atoms with Crippen LogP contribution >= 0.6 is 0 Å². The fraction of sp³-hybridized carbons (Fsp3) is 0.700. The van der Waals surface area contributed by atoms with Crippen molar-refractivity contribution >= 4 is 17.9 Å². The lowest BCUT2D eigenvalue weighted by Gasteiger charge is -2.25. The highest BCUT2D eigenvalue weighted by Crippen LogP contribution is 2.01. The normalized spacial score (nSPS) is 10.6. The van der Waals surface area contributed by atoms with Gasteiger partial charge in [-0.15, -0.1) is 0 Å². The molecule has 0 aliphatic carbocycles. The van der Waals surface area contributed by atoms with Crippen molar-refractivity contribution in [2.45, 2.75) is 32.7 Å². The molecule has 17 heavy (non-hydrogen) atoms. The van der Waals surface area contributed by atoms with Crippen LogP contribution in [0.1, 0.15) is 26.7 Å². The van der Waals surface area contributed by atoms with Crippen molar-refractivity contribution in [3.8, 4) is 0 Å². The first-order chi connectivity index (χ1) is 7.82. The molecule has 0 radical (unpaired) electrons.